The first-order valence-corrected chi connectivity index (χ1v) is 7.69. The van der Waals surface area contributed by atoms with Gasteiger partial charge in [0.15, 0.2) is 0 Å². The zero-order valence-electron chi connectivity index (χ0n) is 11.6. The van der Waals surface area contributed by atoms with E-state index in [1.165, 1.54) is 23.5 Å². The quantitative estimate of drug-likeness (QED) is 0.892. The fourth-order valence-corrected chi connectivity index (χ4v) is 3.56. The Labute approximate surface area is 132 Å². The molecular formula is C12H16ClF3N2O3S. The van der Waals surface area contributed by atoms with E-state index in [-0.39, 0.29) is 23.3 Å². The minimum atomic E-state index is -4.86. The monoisotopic (exact) mass is 360 g/mol. The van der Waals surface area contributed by atoms with Crippen molar-refractivity contribution in [3.8, 4) is 5.75 Å². The number of sulfonamides is 1. The summed E-state index contributed by atoms with van der Waals surface area (Å²) in [5.41, 5.74) is 0. The maximum Gasteiger partial charge on any atom is 0.573 e. The Kier molecular flexibility index (Phi) is 6.08. The molecule has 1 saturated heterocycles. The van der Waals surface area contributed by atoms with Gasteiger partial charge in [-0.3, -0.25) is 0 Å². The van der Waals surface area contributed by atoms with Crippen molar-refractivity contribution in [2.45, 2.75) is 23.7 Å². The second kappa shape index (κ2) is 7.03. The lowest BCUT2D eigenvalue weighted by molar-refractivity contribution is -0.274. The molecule has 0 saturated carbocycles. The molecule has 126 valence electrons. The number of hydrogen-bond donors (Lipinski definition) is 1. The smallest absolute Gasteiger partial charge is 0.406 e. The van der Waals surface area contributed by atoms with Crippen LogP contribution >= 0.6 is 12.4 Å². The fraction of sp³-hybridized carbons (Fsp3) is 0.500. The van der Waals surface area contributed by atoms with Crippen molar-refractivity contribution in [1.82, 2.24) is 9.62 Å². The van der Waals surface area contributed by atoms with Gasteiger partial charge < -0.3 is 10.1 Å². The number of nitrogens with zero attached hydrogens (tertiary/aromatic N) is 1. The molecule has 1 heterocycles. The number of rotatable bonds is 4. The zero-order valence-corrected chi connectivity index (χ0v) is 13.3. The van der Waals surface area contributed by atoms with E-state index in [2.05, 4.69) is 10.1 Å². The summed E-state index contributed by atoms with van der Waals surface area (Å²) in [5.74, 6) is -0.554. The van der Waals surface area contributed by atoms with E-state index in [9.17, 15) is 21.6 Å². The minimum absolute atomic E-state index is 0. The van der Waals surface area contributed by atoms with Crippen molar-refractivity contribution in [3.05, 3.63) is 24.3 Å². The van der Waals surface area contributed by atoms with Gasteiger partial charge in [-0.05, 0) is 25.1 Å². The van der Waals surface area contributed by atoms with Crippen LogP contribution < -0.4 is 10.1 Å². The van der Waals surface area contributed by atoms with Gasteiger partial charge in [-0.2, -0.15) is 4.31 Å². The number of hydrogen-bond acceptors (Lipinski definition) is 4. The minimum Gasteiger partial charge on any atom is -0.406 e. The molecule has 22 heavy (non-hydrogen) atoms. The number of halogens is 4. The highest BCUT2D eigenvalue weighted by molar-refractivity contribution is 7.89. The first-order valence-electron chi connectivity index (χ1n) is 6.25. The highest BCUT2D eigenvalue weighted by Crippen LogP contribution is 2.27. The van der Waals surface area contributed by atoms with E-state index < -0.39 is 22.1 Å². The third-order valence-electron chi connectivity index (χ3n) is 3.26. The van der Waals surface area contributed by atoms with Crippen molar-refractivity contribution in [2.24, 2.45) is 0 Å². The van der Waals surface area contributed by atoms with Gasteiger partial charge in [-0.25, -0.2) is 8.42 Å². The Balaban J connectivity index is 0.00000242. The van der Waals surface area contributed by atoms with E-state index in [0.717, 1.165) is 12.1 Å². The predicted octanol–water partition coefficient (Wildman–Crippen LogP) is 1.99. The maximum absolute atomic E-state index is 12.4. The largest absolute Gasteiger partial charge is 0.573 e. The van der Waals surface area contributed by atoms with Gasteiger partial charge in [0.2, 0.25) is 10.0 Å². The molecule has 0 radical (unpaired) electrons. The molecule has 1 aromatic rings. The number of nitrogens with one attached hydrogen (secondary N) is 1. The molecule has 1 N–H and O–H groups in total. The second-order valence-electron chi connectivity index (χ2n) is 4.69. The first-order chi connectivity index (χ1) is 9.70. The standard InChI is InChI=1S/C12H15F3N2O3S.ClH/c1-17(9-5-6-16-8-9)21(18,19)11-4-2-3-10(7-11)20-12(13,14)15;/h2-4,7,9,16H,5-6,8H2,1H3;1H. The van der Waals surface area contributed by atoms with Crippen molar-refractivity contribution >= 4 is 22.4 Å². The van der Waals surface area contributed by atoms with Crippen LogP contribution in [0.2, 0.25) is 0 Å². The zero-order chi connectivity index (χ0) is 15.7. The van der Waals surface area contributed by atoms with Crippen LogP contribution in [0.1, 0.15) is 6.42 Å². The van der Waals surface area contributed by atoms with Gasteiger partial charge in [0.25, 0.3) is 0 Å². The molecular weight excluding hydrogens is 345 g/mol. The summed E-state index contributed by atoms with van der Waals surface area (Å²) in [7, 11) is -2.43. The fourth-order valence-electron chi connectivity index (χ4n) is 2.14. The number of benzene rings is 1. The third kappa shape index (κ3) is 4.48. The van der Waals surface area contributed by atoms with Crippen LogP contribution in [0.4, 0.5) is 13.2 Å². The lowest BCUT2D eigenvalue weighted by Crippen LogP contribution is -2.38. The normalized spacial score (nSPS) is 19.0. The highest BCUT2D eigenvalue weighted by Gasteiger charge is 2.33. The molecule has 0 aliphatic carbocycles. The summed E-state index contributed by atoms with van der Waals surface area (Å²) in [4.78, 5) is -0.223. The Hall–Kier alpha value is -1.03. The molecule has 1 atom stereocenters. The number of alkyl halides is 3. The second-order valence-corrected chi connectivity index (χ2v) is 6.69. The van der Waals surface area contributed by atoms with Crippen LogP contribution in [-0.2, 0) is 10.0 Å². The van der Waals surface area contributed by atoms with Crippen molar-refractivity contribution in [2.75, 3.05) is 20.1 Å². The van der Waals surface area contributed by atoms with Gasteiger partial charge >= 0.3 is 6.36 Å². The molecule has 1 fully saturated rings. The molecule has 0 bridgehead atoms. The van der Waals surface area contributed by atoms with Gasteiger partial charge in [0.1, 0.15) is 5.75 Å². The van der Waals surface area contributed by atoms with Crippen LogP contribution in [0.3, 0.4) is 0 Å². The van der Waals surface area contributed by atoms with E-state index in [4.69, 9.17) is 0 Å². The number of ether oxygens (including phenoxy) is 1. The molecule has 5 nitrogen and oxygen atoms in total. The number of likely N-dealkylation sites (N-methyl/N-ethyl adjacent to an activating group) is 1. The molecule has 2 rings (SSSR count). The summed E-state index contributed by atoms with van der Waals surface area (Å²) in [6.45, 7) is 1.23. The summed E-state index contributed by atoms with van der Waals surface area (Å²) < 4.78 is 66.3. The topological polar surface area (TPSA) is 58.6 Å². The van der Waals surface area contributed by atoms with Gasteiger partial charge in [0, 0.05) is 25.7 Å². The SMILES string of the molecule is CN(C1CCNC1)S(=O)(=O)c1cccc(OC(F)(F)F)c1.Cl. The molecule has 1 aliphatic rings. The summed E-state index contributed by atoms with van der Waals surface area (Å²) in [5, 5.41) is 3.04. The lowest BCUT2D eigenvalue weighted by Gasteiger charge is -2.23. The van der Waals surface area contributed by atoms with E-state index in [1.807, 2.05) is 0 Å². The molecule has 1 aromatic carbocycles. The Bertz CT molecular complexity index is 604. The maximum atomic E-state index is 12.4. The third-order valence-corrected chi connectivity index (χ3v) is 5.17. The first kappa shape index (κ1) is 19.0. The molecule has 1 unspecified atom stereocenters. The van der Waals surface area contributed by atoms with Crippen LogP contribution in [-0.4, -0.2) is 45.3 Å². The molecule has 0 spiro atoms. The van der Waals surface area contributed by atoms with E-state index >= 15 is 0 Å². The van der Waals surface area contributed by atoms with Crippen molar-refractivity contribution < 1.29 is 26.3 Å². The highest BCUT2D eigenvalue weighted by atomic mass is 35.5. The Morgan fingerprint density at radius 3 is 2.59 bits per heavy atom. The summed E-state index contributed by atoms with van der Waals surface area (Å²) in [6.07, 6.45) is -4.20. The van der Waals surface area contributed by atoms with Gasteiger partial charge in [-0.15, -0.1) is 25.6 Å². The molecule has 10 heteroatoms. The van der Waals surface area contributed by atoms with E-state index in [1.54, 1.807) is 0 Å². The molecule has 0 aromatic heterocycles. The van der Waals surface area contributed by atoms with Crippen LogP contribution in [0.25, 0.3) is 0 Å². The van der Waals surface area contributed by atoms with Gasteiger partial charge in [-0.1, -0.05) is 6.07 Å². The van der Waals surface area contributed by atoms with Crippen LogP contribution in [0.5, 0.6) is 5.75 Å². The van der Waals surface area contributed by atoms with Crippen LogP contribution in [0, 0.1) is 0 Å². The predicted molar refractivity (Wildman–Crippen MR) is 76.6 cm³/mol. The van der Waals surface area contributed by atoms with Crippen LogP contribution in [0.15, 0.2) is 29.2 Å². The average Bonchev–Trinajstić information content (AvgIpc) is 2.89. The van der Waals surface area contributed by atoms with E-state index in [0.29, 0.717) is 19.5 Å². The molecule has 0 amide bonds. The lowest BCUT2D eigenvalue weighted by atomic mass is 10.3. The molecule has 1 aliphatic heterocycles. The summed E-state index contributed by atoms with van der Waals surface area (Å²) >= 11 is 0. The van der Waals surface area contributed by atoms with Gasteiger partial charge in [0.05, 0.1) is 4.90 Å². The Morgan fingerprint density at radius 1 is 1.36 bits per heavy atom. The summed E-state index contributed by atoms with van der Waals surface area (Å²) in [6, 6.07) is 4.19. The Morgan fingerprint density at radius 2 is 2.05 bits per heavy atom. The van der Waals surface area contributed by atoms with Crippen molar-refractivity contribution in [3.63, 3.8) is 0 Å². The van der Waals surface area contributed by atoms with Crippen molar-refractivity contribution in [1.29, 1.82) is 0 Å². The average molecular weight is 361 g/mol.